The van der Waals surface area contributed by atoms with Crippen molar-refractivity contribution >= 4 is 5.91 Å². The zero-order chi connectivity index (χ0) is 14.8. The number of aliphatic hydroxyl groups excluding tert-OH is 1. The topological polar surface area (TPSA) is 52.6 Å². The van der Waals surface area contributed by atoms with Gasteiger partial charge in [-0.2, -0.15) is 0 Å². The summed E-state index contributed by atoms with van der Waals surface area (Å²) < 4.78 is 13.3. The van der Waals surface area contributed by atoms with Crippen LogP contribution >= 0.6 is 0 Å². The van der Waals surface area contributed by atoms with Crippen LogP contribution < -0.4 is 5.32 Å². The molecule has 1 heterocycles. The van der Waals surface area contributed by atoms with Gasteiger partial charge in [0.25, 0.3) is 0 Å². The summed E-state index contributed by atoms with van der Waals surface area (Å²) >= 11 is 0. The second-order valence-electron chi connectivity index (χ2n) is 5.90. The maximum Gasteiger partial charge on any atom is 0.230 e. The third kappa shape index (κ3) is 2.94. The van der Waals surface area contributed by atoms with Crippen LogP contribution in [-0.2, 0) is 11.2 Å². The van der Waals surface area contributed by atoms with Gasteiger partial charge in [-0.05, 0) is 42.5 Å². The summed E-state index contributed by atoms with van der Waals surface area (Å²) in [5.74, 6) is -0.330. The minimum absolute atomic E-state index is 0.111. The van der Waals surface area contributed by atoms with Gasteiger partial charge in [0.1, 0.15) is 5.82 Å². The van der Waals surface area contributed by atoms with Crippen molar-refractivity contribution in [3.63, 3.8) is 0 Å². The number of piperidine rings is 1. The van der Waals surface area contributed by atoms with E-state index in [2.05, 4.69) is 5.32 Å². The van der Waals surface area contributed by atoms with E-state index in [-0.39, 0.29) is 30.3 Å². The number of amides is 1. The van der Waals surface area contributed by atoms with Gasteiger partial charge < -0.3 is 15.3 Å². The smallest absolute Gasteiger partial charge is 0.230 e. The molecule has 1 aliphatic heterocycles. The average Bonchev–Trinajstić information content (AvgIpc) is 2.48. The summed E-state index contributed by atoms with van der Waals surface area (Å²) in [6, 6.07) is 4.97. The number of nitrogens with zero attached hydrogens (tertiary/aromatic N) is 1. The molecule has 1 aliphatic carbocycles. The molecule has 0 aromatic heterocycles. The van der Waals surface area contributed by atoms with E-state index in [1.54, 1.807) is 6.07 Å². The first-order chi connectivity index (χ1) is 10.2. The predicted octanol–water partition coefficient (Wildman–Crippen LogP) is 1.04. The number of hydrogen-bond donors (Lipinski definition) is 2. The largest absolute Gasteiger partial charge is 0.395 e. The molecule has 1 fully saturated rings. The minimum Gasteiger partial charge on any atom is -0.395 e. The Labute approximate surface area is 124 Å². The third-order valence-corrected chi connectivity index (χ3v) is 4.48. The van der Waals surface area contributed by atoms with Crippen LogP contribution in [0.4, 0.5) is 4.39 Å². The molecule has 0 bridgehead atoms. The average molecular weight is 292 g/mol. The van der Waals surface area contributed by atoms with Crippen LogP contribution in [0.25, 0.3) is 0 Å². The van der Waals surface area contributed by atoms with Crippen LogP contribution in [0.15, 0.2) is 18.2 Å². The maximum atomic E-state index is 13.3. The highest BCUT2D eigenvalue weighted by molar-refractivity contribution is 5.87. The highest BCUT2D eigenvalue weighted by Crippen LogP contribution is 2.37. The lowest BCUT2D eigenvalue weighted by atomic mass is 9.76. The fourth-order valence-electron chi connectivity index (χ4n) is 3.33. The van der Waals surface area contributed by atoms with E-state index in [1.165, 1.54) is 12.1 Å². The fraction of sp³-hybridized carbons (Fsp3) is 0.562. The Kier molecular flexibility index (Phi) is 4.22. The molecule has 0 saturated carbocycles. The molecule has 1 amide bonds. The summed E-state index contributed by atoms with van der Waals surface area (Å²) in [4.78, 5) is 14.5. The van der Waals surface area contributed by atoms with E-state index in [9.17, 15) is 9.18 Å². The lowest BCUT2D eigenvalue weighted by molar-refractivity contribution is -0.134. The SMILES string of the molecule is O=C(C1Cc2ccc(F)cc21)N1CCCC(NCCO)C1. The molecule has 1 saturated heterocycles. The molecule has 21 heavy (non-hydrogen) atoms. The molecule has 1 aromatic carbocycles. The summed E-state index contributed by atoms with van der Waals surface area (Å²) in [5, 5.41) is 12.1. The first-order valence-electron chi connectivity index (χ1n) is 7.60. The number of carbonyl (C=O) groups excluding carboxylic acids is 1. The van der Waals surface area contributed by atoms with Gasteiger partial charge in [0.05, 0.1) is 12.5 Å². The van der Waals surface area contributed by atoms with Gasteiger partial charge in [-0.25, -0.2) is 4.39 Å². The van der Waals surface area contributed by atoms with Crippen molar-refractivity contribution in [1.29, 1.82) is 0 Å². The molecule has 4 nitrogen and oxygen atoms in total. The summed E-state index contributed by atoms with van der Waals surface area (Å²) in [6.07, 6.45) is 2.72. The minimum atomic E-state index is -0.271. The number of hydrogen-bond acceptors (Lipinski definition) is 3. The Morgan fingerprint density at radius 2 is 2.33 bits per heavy atom. The van der Waals surface area contributed by atoms with Gasteiger partial charge in [0, 0.05) is 25.7 Å². The van der Waals surface area contributed by atoms with Crippen molar-refractivity contribution in [2.75, 3.05) is 26.2 Å². The Bertz CT molecular complexity index is 535. The summed E-state index contributed by atoms with van der Waals surface area (Å²) in [7, 11) is 0. The number of aliphatic hydroxyl groups is 1. The van der Waals surface area contributed by atoms with Crippen LogP contribution in [0.2, 0.25) is 0 Å². The number of nitrogens with one attached hydrogen (secondary N) is 1. The standard InChI is InChI=1S/C16H21FN2O2/c17-12-4-3-11-8-15(14(11)9-12)16(21)19-6-1-2-13(10-19)18-5-7-20/h3-4,9,13,15,18,20H,1-2,5-8,10H2. The Balaban J connectivity index is 1.63. The van der Waals surface area contributed by atoms with E-state index in [1.807, 2.05) is 4.90 Å². The second kappa shape index (κ2) is 6.12. The molecule has 2 aliphatic rings. The monoisotopic (exact) mass is 292 g/mol. The molecule has 5 heteroatoms. The highest BCUT2D eigenvalue weighted by atomic mass is 19.1. The molecule has 3 rings (SSSR count). The molecule has 114 valence electrons. The second-order valence-corrected chi connectivity index (χ2v) is 5.90. The predicted molar refractivity (Wildman–Crippen MR) is 77.5 cm³/mol. The van der Waals surface area contributed by atoms with Crippen molar-refractivity contribution in [2.45, 2.75) is 31.2 Å². The van der Waals surface area contributed by atoms with Crippen LogP contribution in [-0.4, -0.2) is 48.2 Å². The first kappa shape index (κ1) is 14.5. The van der Waals surface area contributed by atoms with Crippen LogP contribution in [0.5, 0.6) is 0 Å². The molecular formula is C16H21FN2O2. The Morgan fingerprint density at radius 3 is 3.14 bits per heavy atom. The van der Waals surface area contributed by atoms with Gasteiger partial charge in [0.2, 0.25) is 5.91 Å². The van der Waals surface area contributed by atoms with Crippen molar-refractivity contribution < 1.29 is 14.3 Å². The molecule has 0 spiro atoms. The van der Waals surface area contributed by atoms with Gasteiger partial charge in [-0.15, -0.1) is 0 Å². The third-order valence-electron chi connectivity index (χ3n) is 4.48. The summed E-state index contributed by atoms with van der Waals surface area (Å²) in [5.41, 5.74) is 1.94. The van der Waals surface area contributed by atoms with Gasteiger partial charge in [0.15, 0.2) is 0 Å². The quantitative estimate of drug-likeness (QED) is 0.872. The normalized spacial score (nSPS) is 24.4. The van der Waals surface area contributed by atoms with Crippen molar-refractivity contribution in [3.8, 4) is 0 Å². The summed E-state index contributed by atoms with van der Waals surface area (Å²) in [6.45, 7) is 2.13. The molecule has 2 N–H and O–H groups in total. The van der Waals surface area contributed by atoms with Crippen LogP contribution in [0.1, 0.15) is 29.9 Å². The van der Waals surface area contributed by atoms with E-state index >= 15 is 0 Å². The van der Waals surface area contributed by atoms with Crippen LogP contribution in [0, 0.1) is 5.82 Å². The van der Waals surface area contributed by atoms with Gasteiger partial charge in [-0.1, -0.05) is 6.07 Å². The van der Waals surface area contributed by atoms with E-state index in [0.717, 1.165) is 36.9 Å². The number of likely N-dealkylation sites (tertiary alicyclic amines) is 1. The van der Waals surface area contributed by atoms with E-state index in [4.69, 9.17) is 5.11 Å². The number of benzene rings is 1. The number of halogens is 1. The number of fused-ring (bicyclic) bond motifs is 1. The van der Waals surface area contributed by atoms with E-state index in [0.29, 0.717) is 13.1 Å². The van der Waals surface area contributed by atoms with Crippen molar-refractivity contribution in [1.82, 2.24) is 10.2 Å². The van der Waals surface area contributed by atoms with Crippen molar-refractivity contribution in [2.24, 2.45) is 0 Å². The molecular weight excluding hydrogens is 271 g/mol. The van der Waals surface area contributed by atoms with Crippen molar-refractivity contribution in [3.05, 3.63) is 35.1 Å². The van der Waals surface area contributed by atoms with Gasteiger partial charge in [-0.3, -0.25) is 4.79 Å². The highest BCUT2D eigenvalue weighted by Gasteiger charge is 2.36. The first-order valence-corrected chi connectivity index (χ1v) is 7.60. The lowest BCUT2D eigenvalue weighted by Gasteiger charge is -2.38. The molecule has 0 radical (unpaired) electrons. The van der Waals surface area contributed by atoms with Gasteiger partial charge >= 0.3 is 0 Å². The number of carbonyl (C=O) groups is 1. The molecule has 2 atom stereocenters. The fourth-order valence-corrected chi connectivity index (χ4v) is 3.33. The lowest BCUT2D eigenvalue weighted by Crippen LogP contribution is -2.50. The van der Waals surface area contributed by atoms with Crippen LogP contribution in [0.3, 0.4) is 0 Å². The molecule has 1 aromatic rings. The Hall–Kier alpha value is -1.46. The zero-order valence-electron chi connectivity index (χ0n) is 12.0. The number of rotatable bonds is 4. The van der Waals surface area contributed by atoms with E-state index < -0.39 is 0 Å². The Morgan fingerprint density at radius 1 is 1.48 bits per heavy atom. The zero-order valence-corrected chi connectivity index (χ0v) is 12.0. The molecule has 2 unspecified atom stereocenters. The maximum absolute atomic E-state index is 13.3.